The van der Waals surface area contributed by atoms with Gasteiger partial charge in [-0.05, 0) is 252 Å². The molecule has 0 amide bonds. The number of ether oxygens (including phenoxy) is 4. The van der Waals surface area contributed by atoms with E-state index in [0.717, 1.165) is 170 Å². The summed E-state index contributed by atoms with van der Waals surface area (Å²) >= 11 is 6.35. The molecule has 5 N–H and O–H groups in total. The largest absolute Gasteiger partial charge is 0.496 e. The number of nitrogens with one attached hydrogen (secondary N) is 5. The van der Waals surface area contributed by atoms with Gasteiger partial charge in [-0.3, -0.25) is 19.5 Å². The number of nitrogens with zero attached hydrogens (tertiary/aromatic N) is 18. The van der Waals surface area contributed by atoms with Crippen molar-refractivity contribution >= 4 is 65.9 Å². The number of hydrogen-bond donors (Lipinski definition) is 5. The van der Waals surface area contributed by atoms with Gasteiger partial charge in [-0.25, -0.2) is 4.68 Å². The third kappa shape index (κ3) is 21.7. The van der Waals surface area contributed by atoms with Crippen LogP contribution in [-0.4, -0.2) is 205 Å². The highest BCUT2D eigenvalue weighted by Crippen LogP contribution is 2.46. The summed E-state index contributed by atoms with van der Waals surface area (Å²) in [5.41, 5.74) is 11.3. The molecule has 8 aromatic heterocycles. The minimum atomic E-state index is -0.0448. The number of rotatable bonds is 20. The monoisotopic (exact) mass is 1760 g/mol. The highest BCUT2D eigenvalue weighted by atomic mass is 32.1. The molecular formula is C92H125N23O5S4. The molecule has 662 valence electrons. The van der Waals surface area contributed by atoms with Crippen LogP contribution in [0.2, 0.25) is 0 Å². The summed E-state index contributed by atoms with van der Waals surface area (Å²) in [5, 5.41) is 73.2. The van der Waals surface area contributed by atoms with Crippen molar-refractivity contribution < 1.29 is 18.9 Å². The predicted molar refractivity (Wildman–Crippen MR) is 506 cm³/mol. The fourth-order valence-corrected chi connectivity index (χ4v) is 22.4. The van der Waals surface area contributed by atoms with Gasteiger partial charge in [-0.1, -0.05) is 63.5 Å². The van der Waals surface area contributed by atoms with E-state index in [1.54, 1.807) is 115 Å². The van der Waals surface area contributed by atoms with Crippen molar-refractivity contribution in [2.75, 3.05) is 76.6 Å². The Hall–Kier alpha value is -10.1. The fraction of sp³-hybridized carbons (Fsp3) is 0.500. The molecule has 0 unspecified atom stereocenters. The second kappa shape index (κ2) is 36.5. The van der Waals surface area contributed by atoms with Gasteiger partial charge in [0.15, 0.2) is 20.0 Å². The molecule has 4 aromatic carbocycles. The molecule has 4 saturated heterocycles. The van der Waals surface area contributed by atoms with Gasteiger partial charge in [-0.15, -0.1) is 40.8 Å². The normalized spacial score (nSPS) is 18.3. The third-order valence-corrected chi connectivity index (χ3v) is 28.2. The van der Waals surface area contributed by atoms with E-state index >= 15 is 0 Å². The summed E-state index contributed by atoms with van der Waals surface area (Å²) in [6.45, 7) is 36.4. The maximum Gasteiger partial charge on any atom is 0.250 e. The van der Waals surface area contributed by atoms with Gasteiger partial charge in [0.05, 0.1) is 68.8 Å². The van der Waals surface area contributed by atoms with E-state index in [1.165, 1.54) is 0 Å². The highest BCUT2D eigenvalue weighted by Gasteiger charge is 2.45. The lowest BCUT2D eigenvalue weighted by molar-refractivity contribution is -0.00769. The van der Waals surface area contributed by atoms with E-state index in [9.17, 15) is 4.79 Å². The molecule has 4 aliphatic rings. The van der Waals surface area contributed by atoms with Gasteiger partial charge >= 0.3 is 0 Å². The molecule has 32 heteroatoms. The Balaban J connectivity index is 0.000000142. The standard InChI is InChI=1S/C25H33N5O2S.C23H32N6OS.2C22H30N6OS/c1-24(2)14-18(15-25(3,4)28-24)30(6)23-27-26-22(33-23)19-9-8-16(12-20(19)32-7)17-10-11-29(5)21(31)13-17;1-22(2)11-17(12-23(3,4)27-22)29(6)21-26-25-20(31-21)18-9-8-15(10-19(18)30-7)16-13-24-28(5)14-16;1-21(2)13-15(14-22(3,4)27(21)5)24-20-26-25-19(30-20)17-9-8-16(12-18(17)29-6)28-11-7-10-23-28;1-21(2)10-16(11-22(3,4)27-21)28(5)20-26-25-19(30-20)17-8-7-14(9-18(17)29-6)15-12-23-24-13-15/h8-13,18,28H,14-15H2,1-7H3;8-10,13-14,17,27H,11-12H2,1-7H3;7-12,15H,13-14H2,1-6H3,(H,24,26);7-9,12-13,16,27H,10-11H2,1-6H3,(H,23,24). The van der Waals surface area contributed by atoms with Crippen molar-refractivity contribution in [1.29, 1.82) is 0 Å². The van der Waals surface area contributed by atoms with Crippen LogP contribution >= 0.6 is 45.3 Å². The van der Waals surface area contributed by atoms with Crippen molar-refractivity contribution in [3.05, 3.63) is 145 Å². The number of aryl methyl sites for hydroxylation is 2. The minimum absolute atomic E-state index is 0.0448. The van der Waals surface area contributed by atoms with Crippen molar-refractivity contribution in [3.8, 4) is 104 Å². The van der Waals surface area contributed by atoms with Crippen molar-refractivity contribution in [2.45, 2.75) is 231 Å². The summed E-state index contributed by atoms with van der Waals surface area (Å²) < 4.78 is 27.9. The molecular weight excluding hydrogens is 1640 g/mol. The van der Waals surface area contributed by atoms with Crippen LogP contribution in [0.25, 0.3) is 81.4 Å². The Bertz CT molecular complexity index is 5610. The van der Waals surface area contributed by atoms with E-state index in [2.05, 4.69) is 259 Å². The van der Waals surface area contributed by atoms with E-state index in [4.69, 9.17) is 18.9 Å². The number of anilines is 4. The minimum Gasteiger partial charge on any atom is -0.496 e. The highest BCUT2D eigenvalue weighted by molar-refractivity contribution is 7.19. The zero-order valence-electron chi connectivity index (χ0n) is 76.9. The van der Waals surface area contributed by atoms with Crippen molar-refractivity contribution in [3.63, 3.8) is 0 Å². The van der Waals surface area contributed by atoms with Gasteiger partial charge in [-0.2, -0.15) is 15.3 Å². The van der Waals surface area contributed by atoms with Gasteiger partial charge < -0.3 is 59.5 Å². The second-order valence-corrected chi connectivity index (χ2v) is 42.4. The smallest absolute Gasteiger partial charge is 0.250 e. The Morgan fingerprint density at radius 3 is 1.19 bits per heavy atom. The molecule has 0 saturated carbocycles. The van der Waals surface area contributed by atoms with E-state index in [-0.39, 0.29) is 49.9 Å². The molecule has 0 bridgehead atoms. The molecule has 16 rings (SSSR count). The van der Waals surface area contributed by atoms with Crippen LogP contribution in [0.15, 0.2) is 139 Å². The predicted octanol–water partition coefficient (Wildman–Crippen LogP) is 17.5. The Morgan fingerprint density at radius 2 is 0.815 bits per heavy atom. The van der Waals surface area contributed by atoms with Crippen LogP contribution in [0.3, 0.4) is 0 Å². The lowest BCUT2D eigenvalue weighted by Crippen LogP contribution is -2.61. The summed E-state index contributed by atoms with van der Waals surface area (Å²) in [5.74, 6) is 3.04. The number of H-pyrrole nitrogens is 1. The first-order chi connectivity index (χ1) is 58.4. The van der Waals surface area contributed by atoms with Crippen LogP contribution in [0.1, 0.15) is 162 Å². The molecule has 28 nitrogen and oxygen atoms in total. The Morgan fingerprint density at radius 1 is 0.427 bits per heavy atom. The summed E-state index contributed by atoms with van der Waals surface area (Å²) in [6.07, 6.45) is 21.4. The van der Waals surface area contributed by atoms with Crippen molar-refractivity contribution in [1.82, 2.24) is 96.0 Å². The lowest BCUT2D eigenvalue weighted by atomic mass is 9.77. The van der Waals surface area contributed by atoms with Gasteiger partial charge in [0.25, 0.3) is 5.56 Å². The van der Waals surface area contributed by atoms with E-state index < -0.39 is 0 Å². The fourth-order valence-electron chi connectivity index (χ4n) is 18.8. The Kier molecular flexibility index (Phi) is 27.0. The zero-order valence-corrected chi connectivity index (χ0v) is 80.2. The first kappa shape index (κ1) is 91.6. The van der Waals surface area contributed by atoms with Gasteiger partial charge in [0, 0.05) is 158 Å². The molecule has 0 radical (unpaired) electrons. The van der Waals surface area contributed by atoms with Crippen LogP contribution < -0.4 is 60.5 Å². The molecule has 12 heterocycles. The van der Waals surface area contributed by atoms with Gasteiger partial charge in [0.2, 0.25) is 20.5 Å². The third-order valence-electron chi connectivity index (χ3n) is 24.1. The van der Waals surface area contributed by atoms with Crippen molar-refractivity contribution in [2.24, 2.45) is 14.1 Å². The number of aromatic amines is 1. The molecule has 0 spiro atoms. The molecule has 0 aliphatic carbocycles. The van der Waals surface area contributed by atoms with E-state index in [0.29, 0.717) is 29.9 Å². The second-order valence-electron chi connectivity index (χ2n) is 38.5. The molecule has 4 aliphatic heterocycles. The van der Waals surface area contributed by atoms with Crippen LogP contribution in [0.5, 0.6) is 23.0 Å². The number of benzene rings is 4. The maximum atomic E-state index is 12.0. The average Bonchev–Trinajstić information content (AvgIpc) is 0.893. The first-order valence-electron chi connectivity index (χ1n) is 42.2. The molecule has 4 fully saturated rings. The zero-order chi connectivity index (χ0) is 89.4. The number of aromatic nitrogens is 15. The summed E-state index contributed by atoms with van der Waals surface area (Å²) in [6, 6.07) is 31.2. The lowest BCUT2D eigenvalue weighted by Gasteiger charge is -2.53. The average molecular weight is 1760 g/mol. The summed E-state index contributed by atoms with van der Waals surface area (Å²) in [4.78, 5) is 21.4. The quantitative estimate of drug-likeness (QED) is 0.0474. The Labute approximate surface area is 746 Å². The molecule has 124 heavy (non-hydrogen) atoms. The van der Waals surface area contributed by atoms with Crippen LogP contribution in [-0.2, 0) is 14.1 Å². The molecule has 0 atom stereocenters. The number of piperidine rings is 4. The maximum absolute atomic E-state index is 12.0. The van der Waals surface area contributed by atoms with Crippen LogP contribution in [0.4, 0.5) is 20.5 Å². The number of hydrogen-bond acceptors (Lipinski definition) is 28. The van der Waals surface area contributed by atoms with Gasteiger partial charge in [0.1, 0.15) is 23.0 Å². The molecule has 12 aromatic rings. The van der Waals surface area contributed by atoms with Crippen LogP contribution in [0, 0.1) is 0 Å². The summed E-state index contributed by atoms with van der Waals surface area (Å²) in [7, 11) is 19.0. The number of pyridine rings is 1. The first-order valence-corrected chi connectivity index (χ1v) is 45.5. The number of methoxy groups -OCH3 is 4. The topological polar surface area (TPSA) is 287 Å². The SMILES string of the molecule is COc1cc(-c2ccn(C)c(=O)c2)ccc1-c1nnc(N(C)C2CC(C)(C)NC(C)(C)C2)s1.COc1cc(-c2cn[nH]c2)ccc1-c1nnc(N(C)C2CC(C)(C)NC(C)(C)C2)s1.COc1cc(-c2cnn(C)c2)ccc1-c1nnc(N(C)C2CC(C)(C)NC(C)(C)C2)s1.COc1cc(-n2cccn2)ccc1-c1nnc(NC2CC(C)(C)N(C)C(C)(C)C2)s1. The van der Waals surface area contributed by atoms with E-state index in [1.807, 2.05) is 103 Å². The number of likely N-dealkylation sites (tertiary alicyclic amines) is 1.